The number of aromatic nitrogens is 2. The first-order chi connectivity index (χ1) is 9.37. The molecule has 5 heteroatoms. The Morgan fingerprint density at radius 1 is 1.30 bits per heavy atom. The van der Waals surface area contributed by atoms with Crippen molar-refractivity contribution in [2.75, 3.05) is 0 Å². The molecule has 108 valence electrons. The van der Waals surface area contributed by atoms with Crippen molar-refractivity contribution in [2.24, 2.45) is 0 Å². The molecule has 0 atom stereocenters. The van der Waals surface area contributed by atoms with E-state index in [9.17, 15) is 4.39 Å². The lowest BCUT2D eigenvalue weighted by Gasteiger charge is -2.21. The largest absolute Gasteiger partial charge is 0.306 e. The Morgan fingerprint density at radius 2 is 2.05 bits per heavy atom. The van der Waals surface area contributed by atoms with Gasteiger partial charge in [-0.2, -0.15) is 5.10 Å². The van der Waals surface area contributed by atoms with Crippen LogP contribution < -0.4 is 5.32 Å². The van der Waals surface area contributed by atoms with Gasteiger partial charge in [0.15, 0.2) is 0 Å². The molecule has 1 aromatic heterocycles. The van der Waals surface area contributed by atoms with Crippen molar-refractivity contribution in [1.82, 2.24) is 15.1 Å². The van der Waals surface area contributed by atoms with Crippen LogP contribution >= 0.6 is 15.9 Å². The number of nitrogens with one attached hydrogen (secondary N) is 1. The van der Waals surface area contributed by atoms with Crippen LogP contribution in [0.5, 0.6) is 0 Å². The molecule has 2 rings (SSSR count). The Labute approximate surface area is 127 Å². The van der Waals surface area contributed by atoms with Crippen molar-refractivity contribution < 1.29 is 4.39 Å². The molecule has 0 saturated carbocycles. The first kappa shape index (κ1) is 15.2. The highest BCUT2D eigenvalue weighted by molar-refractivity contribution is 9.10. The van der Waals surface area contributed by atoms with E-state index in [-0.39, 0.29) is 11.4 Å². The van der Waals surface area contributed by atoms with Crippen molar-refractivity contribution in [1.29, 1.82) is 0 Å². The van der Waals surface area contributed by atoms with E-state index in [4.69, 9.17) is 0 Å². The zero-order valence-electron chi connectivity index (χ0n) is 12.0. The van der Waals surface area contributed by atoms with Gasteiger partial charge in [0.25, 0.3) is 0 Å². The average molecular weight is 340 g/mol. The average Bonchev–Trinajstić information content (AvgIpc) is 2.79. The maximum absolute atomic E-state index is 13.5. The molecule has 2 aromatic rings. The van der Waals surface area contributed by atoms with Gasteiger partial charge in [-0.15, -0.1) is 0 Å². The highest BCUT2D eigenvalue weighted by Gasteiger charge is 2.12. The molecule has 3 nitrogen and oxygen atoms in total. The number of rotatable bonds is 4. The monoisotopic (exact) mass is 339 g/mol. The molecule has 0 radical (unpaired) electrons. The summed E-state index contributed by atoms with van der Waals surface area (Å²) < 4.78 is 15.9. The van der Waals surface area contributed by atoms with Crippen LogP contribution in [0.15, 0.2) is 34.9 Å². The second-order valence-corrected chi connectivity index (χ2v) is 6.59. The zero-order valence-corrected chi connectivity index (χ0v) is 13.5. The van der Waals surface area contributed by atoms with Gasteiger partial charge in [-0.05, 0) is 54.4 Å². The van der Waals surface area contributed by atoms with Gasteiger partial charge in [0, 0.05) is 18.3 Å². The normalized spacial score (nSPS) is 11.8. The van der Waals surface area contributed by atoms with Crippen molar-refractivity contribution in [3.63, 3.8) is 0 Å². The third-order valence-corrected chi connectivity index (χ3v) is 3.84. The number of hydrogen-bond donors (Lipinski definition) is 1. The smallest absolute Gasteiger partial charge is 0.137 e. The van der Waals surface area contributed by atoms with Crippen LogP contribution in [0.2, 0.25) is 0 Å². The Bertz CT molecular complexity index is 587. The molecule has 20 heavy (non-hydrogen) atoms. The molecule has 0 amide bonds. The molecule has 0 bridgehead atoms. The minimum atomic E-state index is -0.246. The Morgan fingerprint density at radius 3 is 2.75 bits per heavy atom. The zero-order chi connectivity index (χ0) is 14.8. The standard InChI is InChI=1S/C15H19BrFN3/c1-15(2,3)18-9-12-7-8-19-20(12)10-11-5-4-6-13(17)14(11)16/h4-8,18H,9-10H2,1-3H3. The molecule has 1 aromatic carbocycles. The predicted octanol–water partition coefficient (Wildman–Crippen LogP) is 3.72. The van der Waals surface area contributed by atoms with E-state index >= 15 is 0 Å². The molecule has 0 unspecified atom stereocenters. The van der Waals surface area contributed by atoms with Crippen molar-refractivity contribution in [3.8, 4) is 0 Å². The summed E-state index contributed by atoms with van der Waals surface area (Å²) in [6.07, 6.45) is 1.77. The van der Waals surface area contributed by atoms with Crippen LogP contribution in [0.3, 0.4) is 0 Å². The van der Waals surface area contributed by atoms with Gasteiger partial charge in [0.1, 0.15) is 5.82 Å². The summed E-state index contributed by atoms with van der Waals surface area (Å²) in [7, 11) is 0. The Balaban J connectivity index is 2.14. The molecule has 1 N–H and O–H groups in total. The summed E-state index contributed by atoms with van der Waals surface area (Å²) in [5, 5.41) is 7.75. The lowest BCUT2D eigenvalue weighted by atomic mass is 10.1. The first-order valence-electron chi connectivity index (χ1n) is 6.55. The molecule has 0 spiro atoms. The van der Waals surface area contributed by atoms with Crippen LogP contribution in [0, 0.1) is 5.82 Å². The highest BCUT2D eigenvalue weighted by Crippen LogP contribution is 2.21. The number of benzene rings is 1. The van der Waals surface area contributed by atoms with Crippen molar-refractivity contribution >= 4 is 15.9 Å². The SMILES string of the molecule is CC(C)(C)NCc1ccnn1Cc1cccc(F)c1Br. The highest BCUT2D eigenvalue weighted by atomic mass is 79.9. The van der Waals surface area contributed by atoms with Crippen LogP contribution in [-0.2, 0) is 13.1 Å². The van der Waals surface area contributed by atoms with E-state index in [1.165, 1.54) is 6.07 Å². The van der Waals surface area contributed by atoms with Gasteiger partial charge in [0.05, 0.1) is 16.7 Å². The molecule has 0 aliphatic carbocycles. The van der Waals surface area contributed by atoms with Crippen molar-refractivity contribution in [2.45, 2.75) is 39.4 Å². The van der Waals surface area contributed by atoms with Gasteiger partial charge < -0.3 is 5.32 Å². The van der Waals surface area contributed by atoms with Crippen molar-refractivity contribution in [3.05, 3.63) is 52.0 Å². The number of hydrogen-bond acceptors (Lipinski definition) is 2. The lowest BCUT2D eigenvalue weighted by molar-refractivity contribution is 0.414. The van der Waals surface area contributed by atoms with Gasteiger partial charge in [-0.25, -0.2) is 4.39 Å². The predicted molar refractivity (Wildman–Crippen MR) is 82.0 cm³/mol. The molecule has 1 heterocycles. The number of nitrogens with zero attached hydrogens (tertiary/aromatic N) is 2. The topological polar surface area (TPSA) is 29.9 Å². The molecule has 0 saturated heterocycles. The molecule has 0 fully saturated rings. The van der Waals surface area contributed by atoms with E-state index in [1.807, 2.05) is 16.8 Å². The lowest BCUT2D eigenvalue weighted by Crippen LogP contribution is -2.35. The van der Waals surface area contributed by atoms with Gasteiger partial charge in [-0.3, -0.25) is 4.68 Å². The van der Waals surface area contributed by atoms with Crippen LogP contribution in [-0.4, -0.2) is 15.3 Å². The van der Waals surface area contributed by atoms with E-state index in [1.54, 1.807) is 12.3 Å². The quantitative estimate of drug-likeness (QED) is 0.919. The van der Waals surface area contributed by atoms with E-state index < -0.39 is 0 Å². The van der Waals surface area contributed by atoms with E-state index in [0.29, 0.717) is 11.0 Å². The van der Waals surface area contributed by atoms with Gasteiger partial charge in [0.2, 0.25) is 0 Å². The second kappa shape index (κ2) is 6.06. The summed E-state index contributed by atoms with van der Waals surface area (Å²) >= 11 is 3.29. The minimum absolute atomic E-state index is 0.0501. The Hall–Kier alpha value is -1.20. The maximum Gasteiger partial charge on any atom is 0.137 e. The fourth-order valence-corrected chi connectivity index (χ4v) is 2.23. The Kier molecular flexibility index (Phi) is 4.60. The minimum Gasteiger partial charge on any atom is -0.306 e. The molecular formula is C15H19BrFN3. The summed E-state index contributed by atoms with van der Waals surface area (Å²) in [5.74, 6) is -0.246. The van der Waals surface area contributed by atoms with E-state index in [2.05, 4.69) is 47.1 Å². The fourth-order valence-electron chi connectivity index (χ4n) is 1.84. The molecule has 0 aliphatic heterocycles. The molecule has 0 aliphatic rings. The maximum atomic E-state index is 13.5. The summed E-state index contributed by atoms with van der Waals surface area (Å²) in [6.45, 7) is 7.65. The van der Waals surface area contributed by atoms with Crippen LogP contribution in [0.25, 0.3) is 0 Å². The second-order valence-electron chi connectivity index (χ2n) is 5.80. The van der Waals surface area contributed by atoms with E-state index in [0.717, 1.165) is 17.8 Å². The van der Waals surface area contributed by atoms with Crippen LogP contribution in [0.4, 0.5) is 4.39 Å². The van der Waals surface area contributed by atoms with Gasteiger partial charge in [-0.1, -0.05) is 12.1 Å². The summed E-state index contributed by atoms with van der Waals surface area (Å²) in [6, 6.07) is 7.03. The molecular weight excluding hydrogens is 321 g/mol. The van der Waals surface area contributed by atoms with Crippen LogP contribution in [0.1, 0.15) is 32.0 Å². The summed E-state index contributed by atoms with van der Waals surface area (Å²) in [4.78, 5) is 0. The number of halogens is 2. The van der Waals surface area contributed by atoms with Gasteiger partial charge >= 0.3 is 0 Å². The summed E-state index contributed by atoms with van der Waals surface area (Å²) in [5.41, 5.74) is 2.01. The first-order valence-corrected chi connectivity index (χ1v) is 7.35. The fraction of sp³-hybridized carbons (Fsp3) is 0.400. The third-order valence-electron chi connectivity index (χ3n) is 2.96. The third kappa shape index (κ3) is 3.90.